The van der Waals surface area contributed by atoms with Gasteiger partial charge >= 0.3 is 0 Å². The maximum atomic E-state index is 12.6. The number of carbonyl (C=O) groups is 1. The second-order valence-corrected chi connectivity index (χ2v) is 5.96. The summed E-state index contributed by atoms with van der Waals surface area (Å²) in [5.41, 5.74) is 0.867. The van der Waals surface area contributed by atoms with Crippen LogP contribution >= 0.6 is 0 Å². The number of anilines is 1. The topological polar surface area (TPSA) is 67.3 Å². The van der Waals surface area contributed by atoms with Crippen LogP contribution in [-0.4, -0.2) is 53.6 Å². The Labute approximate surface area is 139 Å². The van der Waals surface area contributed by atoms with Gasteiger partial charge in [-0.25, -0.2) is 9.97 Å². The highest BCUT2D eigenvalue weighted by Crippen LogP contribution is 2.21. The number of rotatable bonds is 9. The first-order valence-corrected chi connectivity index (χ1v) is 8.25. The largest absolute Gasteiger partial charge is 0.379 e. The van der Waals surface area contributed by atoms with Crippen LogP contribution in [0.25, 0.3) is 0 Å². The molecule has 6 nitrogen and oxygen atoms in total. The van der Waals surface area contributed by atoms with Crippen molar-refractivity contribution in [3.8, 4) is 0 Å². The van der Waals surface area contributed by atoms with E-state index >= 15 is 0 Å². The van der Waals surface area contributed by atoms with E-state index in [1.165, 1.54) is 6.33 Å². The molecule has 1 aromatic rings. The molecule has 0 spiro atoms. The monoisotopic (exact) mass is 322 g/mol. The lowest BCUT2D eigenvalue weighted by Gasteiger charge is -2.37. The van der Waals surface area contributed by atoms with Crippen LogP contribution in [0, 0.1) is 12.8 Å². The van der Waals surface area contributed by atoms with Crippen molar-refractivity contribution in [2.45, 2.75) is 52.7 Å². The molecule has 0 saturated carbocycles. The Kier molecular flexibility index (Phi) is 7.95. The minimum atomic E-state index is 0.0297. The van der Waals surface area contributed by atoms with Crippen LogP contribution < -0.4 is 5.32 Å². The molecule has 0 radical (unpaired) electrons. The van der Waals surface area contributed by atoms with Gasteiger partial charge in [-0.2, -0.15) is 0 Å². The second-order valence-electron chi connectivity index (χ2n) is 5.96. The number of nitrogens with one attached hydrogen (secondary N) is 1. The summed E-state index contributed by atoms with van der Waals surface area (Å²) in [6.07, 6.45) is 3.41. The first kappa shape index (κ1) is 19.4. The predicted molar refractivity (Wildman–Crippen MR) is 92.4 cm³/mol. The van der Waals surface area contributed by atoms with E-state index in [1.54, 1.807) is 7.11 Å². The highest BCUT2D eigenvalue weighted by molar-refractivity contribution is 5.80. The highest BCUT2D eigenvalue weighted by Gasteiger charge is 2.31. The molecule has 1 N–H and O–H groups in total. The van der Waals surface area contributed by atoms with Crippen molar-refractivity contribution < 1.29 is 9.53 Å². The van der Waals surface area contributed by atoms with Crippen LogP contribution in [-0.2, 0) is 9.53 Å². The van der Waals surface area contributed by atoms with Crippen LogP contribution in [0.4, 0.5) is 5.82 Å². The Morgan fingerprint density at radius 1 is 1.35 bits per heavy atom. The van der Waals surface area contributed by atoms with Gasteiger partial charge in [0.1, 0.15) is 12.1 Å². The van der Waals surface area contributed by atoms with Gasteiger partial charge in [0.15, 0.2) is 0 Å². The number of hydrogen-bond donors (Lipinski definition) is 1. The van der Waals surface area contributed by atoms with Gasteiger partial charge in [0.25, 0.3) is 0 Å². The zero-order chi connectivity index (χ0) is 17.4. The Morgan fingerprint density at radius 3 is 2.57 bits per heavy atom. The molecule has 6 heteroatoms. The van der Waals surface area contributed by atoms with Crippen molar-refractivity contribution in [2.75, 3.05) is 26.0 Å². The molecule has 0 saturated heterocycles. The smallest absolute Gasteiger partial charge is 0.242 e. The first-order chi connectivity index (χ1) is 10.9. The molecule has 1 amide bonds. The van der Waals surface area contributed by atoms with Gasteiger partial charge in [0.05, 0.1) is 18.7 Å². The van der Waals surface area contributed by atoms with Crippen molar-refractivity contribution >= 4 is 11.7 Å². The molecule has 0 bridgehead atoms. The number of aromatic nitrogens is 2. The molecule has 23 heavy (non-hydrogen) atoms. The molecule has 0 aliphatic carbocycles. The first-order valence-electron chi connectivity index (χ1n) is 8.25. The number of ether oxygens (including phenoxy) is 1. The summed E-state index contributed by atoms with van der Waals surface area (Å²) in [6.45, 7) is 8.49. The Balaban J connectivity index is 2.74. The van der Waals surface area contributed by atoms with E-state index in [2.05, 4.69) is 36.1 Å². The average molecular weight is 322 g/mol. The van der Waals surface area contributed by atoms with E-state index in [9.17, 15) is 4.79 Å². The number of likely N-dealkylation sites (N-methyl/N-ethyl adjacent to an activating group) is 1. The van der Waals surface area contributed by atoms with E-state index in [0.717, 1.165) is 18.5 Å². The third kappa shape index (κ3) is 5.46. The Bertz CT molecular complexity index is 491. The third-order valence-corrected chi connectivity index (χ3v) is 4.38. The fourth-order valence-corrected chi connectivity index (χ4v) is 2.79. The van der Waals surface area contributed by atoms with E-state index in [4.69, 9.17) is 4.74 Å². The molecule has 1 rings (SSSR count). The molecule has 1 aromatic heterocycles. The average Bonchev–Trinajstić information content (AvgIpc) is 2.56. The van der Waals surface area contributed by atoms with Crippen molar-refractivity contribution in [3.63, 3.8) is 0 Å². The number of methoxy groups -OCH3 is 1. The lowest BCUT2D eigenvalue weighted by atomic mass is 9.91. The van der Waals surface area contributed by atoms with Gasteiger partial charge < -0.3 is 15.0 Å². The van der Waals surface area contributed by atoms with Crippen molar-refractivity contribution in [2.24, 2.45) is 5.92 Å². The summed E-state index contributed by atoms with van der Waals surface area (Å²) in [5, 5.41) is 3.07. The van der Waals surface area contributed by atoms with Gasteiger partial charge in [-0.1, -0.05) is 27.2 Å². The summed E-state index contributed by atoms with van der Waals surface area (Å²) in [5.74, 6) is 1.07. The van der Waals surface area contributed by atoms with Gasteiger partial charge in [0.2, 0.25) is 5.91 Å². The van der Waals surface area contributed by atoms with Gasteiger partial charge in [-0.3, -0.25) is 4.79 Å². The number of nitrogens with zero attached hydrogens (tertiary/aromatic N) is 3. The van der Waals surface area contributed by atoms with Crippen molar-refractivity contribution in [1.29, 1.82) is 0 Å². The standard InChI is InChI=1S/C17H30N4O2/c1-7-12(3)17(14(8-2)23-6)21(5)16(22)10-18-15-9-13(4)19-11-20-15/h9,11-12,14,17H,7-8,10H2,1-6H3,(H,18,19,20). The molecular formula is C17H30N4O2. The molecule has 1 heterocycles. The predicted octanol–water partition coefficient (Wildman–Crippen LogP) is 2.50. The molecule has 3 atom stereocenters. The minimum absolute atomic E-state index is 0.0297. The molecule has 3 unspecified atom stereocenters. The van der Waals surface area contributed by atoms with E-state index in [-0.39, 0.29) is 24.6 Å². The van der Waals surface area contributed by atoms with Crippen molar-refractivity contribution in [3.05, 3.63) is 18.1 Å². The van der Waals surface area contributed by atoms with Crippen LogP contribution in [0.2, 0.25) is 0 Å². The molecule has 0 aliphatic heterocycles. The summed E-state index contributed by atoms with van der Waals surface area (Å²) in [7, 11) is 3.57. The quantitative estimate of drug-likeness (QED) is 0.756. The zero-order valence-electron chi connectivity index (χ0n) is 15.2. The lowest BCUT2D eigenvalue weighted by Crippen LogP contribution is -2.50. The summed E-state index contributed by atoms with van der Waals surface area (Å²) >= 11 is 0. The fraction of sp³-hybridized carbons (Fsp3) is 0.706. The van der Waals surface area contributed by atoms with E-state index in [1.807, 2.05) is 24.9 Å². The Hall–Kier alpha value is -1.69. The van der Waals surface area contributed by atoms with Gasteiger partial charge in [-0.05, 0) is 19.3 Å². The van der Waals surface area contributed by atoms with Gasteiger partial charge in [0, 0.05) is 25.9 Å². The van der Waals surface area contributed by atoms with Crippen LogP contribution in [0.5, 0.6) is 0 Å². The molecule has 0 aromatic carbocycles. The number of carbonyl (C=O) groups excluding carboxylic acids is 1. The SMILES string of the molecule is CCC(C)C(C(CC)OC)N(C)C(=O)CNc1cc(C)ncn1. The van der Waals surface area contributed by atoms with E-state index < -0.39 is 0 Å². The maximum Gasteiger partial charge on any atom is 0.242 e. The second kappa shape index (κ2) is 9.45. The van der Waals surface area contributed by atoms with E-state index in [0.29, 0.717) is 11.7 Å². The van der Waals surface area contributed by atoms with Crippen LogP contribution in [0.15, 0.2) is 12.4 Å². The number of amides is 1. The third-order valence-electron chi connectivity index (χ3n) is 4.38. The number of aryl methyl sites for hydroxylation is 1. The van der Waals surface area contributed by atoms with Crippen LogP contribution in [0.1, 0.15) is 39.3 Å². The summed E-state index contributed by atoms with van der Waals surface area (Å²) < 4.78 is 5.60. The minimum Gasteiger partial charge on any atom is -0.379 e. The molecule has 0 aliphatic rings. The maximum absolute atomic E-state index is 12.6. The lowest BCUT2D eigenvalue weighted by molar-refractivity contribution is -0.134. The van der Waals surface area contributed by atoms with Crippen molar-refractivity contribution in [1.82, 2.24) is 14.9 Å². The summed E-state index contributed by atoms with van der Waals surface area (Å²) in [4.78, 5) is 22.5. The molecular weight excluding hydrogens is 292 g/mol. The van der Waals surface area contributed by atoms with Crippen LogP contribution in [0.3, 0.4) is 0 Å². The summed E-state index contributed by atoms with van der Waals surface area (Å²) in [6, 6.07) is 1.89. The highest BCUT2D eigenvalue weighted by atomic mass is 16.5. The fourth-order valence-electron chi connectivity index (χ4n) is 2.79. The zero-order valence-corrected chi connectivity index (χ0v) is 15.2. The normalized spacial score (nSPS) is 14.9. The molecule has 130 valence electrons. The number of hydrogen-bond acceptors (Lipinski definition) is 5. The Morgan fingerprint density at radius 2 is 2.04 bits per heavy atom. The van der Waals surface area contributed by atoms with Gasteiger partial charge in [-0.15, -0.1) is 0 Å². The molecule has 0 fully saturated rings.